The molecule has 1 fully saturated rings. The van der Waals surface area contributed by atoms with E-state index in [1.54, 1.807) is 36.9 Å². The number of sulfonamides is 1. The van der Waals surface area contributed by atoms with Gasteiger partial charge in [-0.1, -0.05) is 12.1 Å². The number of benzene rings is 2. The lowest BCUT2D eigenvalue weighted by atomic mass is 10.0. The zero-order chi connectivity index (χ0) is 20.6. The molecule has 0 saturated carbocycles. The molecule has 7 heteroatoms. The van der Waals surface area contributed by atoms with Gasteiger partial charge in [-0.05, 0) is 55.7 Å². The number of methoxy groups -OCH3 is 2. The number of hydrogen-bond donors (Lipinski definition) is 0. The highest BCUT2D eigenvalue weighted by atomic mass is 32.2. The third-order valence-corrected chi connectivity index (χ3v) is 7.34. The lowest BCUT2D eigenvalue weighted by Crippen LogP contribution is -2.31. The van der Waals surface area contributed by atoms with E-state index in [2.05, 4.69) is 4.98 Å². The molecule has 152 valence electrons. The van der Waals surface area contributed by atoms with Gasteiger partial charge in [0.15, 0.2) is 0 Å². The van der Waals surface area contributed by atoms with Crippen LogP contribution in [0.15, 0.2) is 53.6 Å². The molecule has 2 heterocycles. The topological polar surface area (TPSA) is 68.7 Å². The molecule has 0 N–H and O–H groups in total. The number of para-hydroxylation sites is 1. The summed E-state index contributed by atoms with van der Waals surface area (Å²) in [5.41, 5.74) is 2.31. The SMILES string of the molecule is COc1ccc(OC)c([C@@H]2CCCN2S(=O)(=O)c2cccc3cc(C)cnc23)c1. The lowest BCUT2D eigenvalue weighted by molar-refractivity contribution is 0.362. The molecule has 1 aromatic heterocycles. The Balaban J connectivity index is 1.82. The average Bonchev–Trinajstić information content (AvgIpc) is 3.23. The van der Waals surface area contributed by atoms with E-state index >= 15 is 0 Å². The van der Waals surface area contributed by atoms with Crippen LogP contribution in [0.25, 0.3) is 10.9 Å². The van der Waals surface area contributed by atoms with Gasteiger partial charge in [0.2, 0.25) is 10.0 Å². The third-order valence-electron chi connectivity index (χ3n) is 5.40. The minimum absolute atomic E-state index is 0.240. The second kappa shape index (κ2) is 7.65. The summed E-state index contributed by atoms with van der Waals surface area (Å²) in [4.78, 5) is 4.67. The number of aryl methyl sites for hydroxylation is 1. The average molecular weight is 413 g/mol. The van der Waals surface area contributed by atoms with Crippen LogP contribution in [0.5, 0.6) is 11.5 Å². The summed E-state index contributed by atoms with van der Waals surface area (Å²) in [5, 5.41) is 0.820. The summed E-state index contributed by atoms with van der Waals surface area (Å²) in [6.45, 7) is 2.40. The lowest BCUT2D eigenvalue weighted by Gasteiger charge is -2.26. The summed E-state index contributed by atoms with van der Waals surface area (Å²) in [5.74, 6) is 1.33. The Morgan fingerprint density at radius 3 is 2.69 bits per heavy atom. The van der Waals surface area contributed by atoms with Crippen LogP contribution in [0, 0.1) is 6.92 Å². The van der Waals surface area contributed by atoms with Gasteiger partial charge >= 0.3 is 0 Å². The molecule has 0 radical (unpaired) electrons. The monoisotopic (exact) mass is 412 g/mol. The third kappa shape index (κ3) is 3.45. The van der Waals surface area contributed by atoms with Gasteiger partial charge in [-0.3, -0.25) is 4.98 Å². The number of rotatable bonds is 5. The number of pyridine rings is 1. The van der Waals surface area contributed by atoms with E-state index in [1.165, 1.54) is 0 Å². The van der Waals surface area contributed by atoms with Gasteiger partial charge in [0, 0.05) is 23.7 Å². The number of fused-ring (bicyclic) bond motifs is 1. The molecule has 1 atom stereocenters. The molecule has 0 unspecified atom stereocenters. The van der Waals surface area contributed by atoms with E-state index in [9.17, 15) is 8.42 Å². The minimum Gasteiger partial charge on any atom is -0.497 e. The number of aromatic nitrogens is 1. The van der Waals surface area contributed by atoms with E-state index in [4.69, 9.17) is 9.47 Å². The second-order valence-corrected chi connectivity index (χ2v) is 9.08. The Morgan fingerprint density at radius 2 is 1.93 bits per heavy atom. The zero-order valence-electron chi connectivity index (χ0n) is 16.8. The smallest absolute Gasteiger partial charge is 0.245 e. The zero-order valence-corrected chi connectivity index (χ0v) is 17.6. The Morgan fingerprint density at radius 1 is 1.10 bits per heavy atom. The molecule has 1 aliphatic heterocycles. The van der Waals surface area contributed by atoms with Gasteiger partial charge in [-0.2, -0.15) is 4.31 Å². The van der Waals surface area contributed by atoms with Crippen molar-refractivity contribution in [1.29, 1.82) is 0 Å². The maximum Gasteiger partial charge on any atom is 0.245 e. The molecule has 1 saturated heterocycles. The van der Waals surface area contributed by atoms with Crippen molar-refractivity contribution >= 4 is 20.9 Å². The van der Waals surface area contributed by atoms with Crippen molar-refractivity contribution in [2.24, 2.45) is 0 Å². The summed E-state index contributed by atoms with van der Waals surface area (Å²) >= 11 is 0. The van der Waals surface area contributed by atoms with E-state index in [0.717, 1.165) is 29.4 Å². The van der Waals surface area contributed by atoms with Crippen LogP contribution >= 0.6 is 0 Å². The molecule has 6 nitrogen and oxygen atoms in total. The van der Waals surface area contributed by atoms with Crippen LogP contribution in [-0.2, 0) is 10.0 Å². The molecule has 0 amide bonds. The van der Waals surface area contributed by atoms with Crippen LogP contribution in [0.2, 0.25) is 0 Å². The highest BCUT2D eigenvalue weighted by Gasteiger charge is 2.38. The van der Waals surface area contributed by atoms with Crippen LogP contribution in [0.1, 0.15) is 30.0 Å². The van der Waals surface area contributed by atoms with Crippen LogP contribution in [-0.4, -0.2) is 38.5 Å². The van der Waals surface area contributed by atoms with Gasteiger partial charge in [-0.15, -0.1) is 0 Å². The van der Waals surface area contributed by atoms with E-state index in [1.807, 2.05) is 37.3 Å². The Labute approximate surface area is 171 Å². The van der Waals surface area contributed by atoms with Crippen molar-refractivity contribution in [3.63, 3.8) is 0 Å². The normalized spacial score (nSPS) is 17.6. The maximum atomic E-state index is 13.7. The second-order valence-electron chi connectivity index (χ2n) is 7.22. The molecule has 2 aromatic carbocycles. The predicted molar refractivity (Wildman–Crippen MR) is 112 cm³/mol. The van der Waals surface area contributed by atoms with Gasteiger partial charge in [0.05, 0.1) is 25.8 Å². The molecule has 0 bridgehead atoms. The molecule has 1 aliphatic rings. The summed E-state index contributed by atoms with van der Waals surface area (Å²) < 4.78 is 39.8. The van der Waals surface area contributed by atoms with Gasteiger partial charge < -0.3 is 9.47 Å². The fourth-order valence-electron chi connectivity index (χ4n) is 4.02. The van der Waals surface area contributed by atoms with Crippen molar-refractivity contribution in [3.05, 3.63) is 59.8 Å². The first kappa shape index (κ1) is 19.7. The molecular formula is C22H24N2O4S. The Bertz CT molecular complexity index is 1160. The van der Waals surface area contributed by atoms with Crippen LogP contribution in [0.4, 0.5) is 0 Å². The Kier molecular flexibility index (Phi) is 5.19. The van der Waals surface area contributed by atoms with Crippen molar-refractivity contribution in [2.45, 2.75) is 30.7 Å². The van der Waals surface area contributed by atoms with E-state index < -0.39 is 10.0 Å². The largest absolute Gasteiger partial charge is 0.497 e. The molecule has 3 aromatic rings. The van der Waals surface area contributed by atoms with Crippen LogP contribution < -0.4 is 9.47 Å². The first-order valence-electron chi connectivity index (χ1n) is 9.55. The quantitative estimate of drug-likeness (QED) is 0.631. The summed E-state index contributed by atoms with van der Waals surface area (Å²) in [7, 11) is -0.556. The fourth-order valence-corrected chi connectivity index (χ4v) is 5.86. The van der Waals surface area contributed by atoms with Gasteiger partial charge in [0.1, 0.15) is 16.4 Å². The maximum absolute atomic E-state index is 13.7. The number of hydrogen-bond acceptors (Lipinski definition) is 5. The molecule has 0 aliphatic carbocycles. The molecule has 4 rings (SSSR count). The standard InChI is InChI=1S/C22H24N2O4S/c1-15-12-16-6-4-8-21(22(16)23-14-15)29(25,26)24-11-5-7-19(24)18-13-17(27-2)9-10-20(18)28-3/h4,6,8-10,12-14,19H,5,7,11H2,1-3H3/t19-/m0/s1. The molecular weight excluding hydrogens is 388 g/mol. The summed E-state index contributed by atoms with van der Waals surface area (Å²) in [6.07, 6.45) is 3.20. The minimum atomic E-state index is -3.75. The van der Waals surface area contributed by atoms with Crippen LogP contribution in [0.3, 0.4) is 0 Å². The van der Waals surface area contributed by atoms with E-state index in [-0.39, 0.29) is 10.9 Å². The first-order valence-corrected chi connectivity index (χ1v) is 11.0. The van der Waals surface area contributed by atoms with Gasteiger partial charge in [-0.25, -0.2) is 8.42 Å². The van der Waals surface area contributed by atoms with Crippen molar-refractivity contribution < 1.29 is 17.9 Å². The number of nitrogens with zero attached hydrogens (tertiary/aromatic N) is 2. The van der Waals surface area contributed by atoms with E-state index in [0.29, 0.717) is 23.6 Å². The highest BCUT2D eigenvalue weighted by molar-refractivity contribution is 7.89. The molecule has 0 spiro atoms. The van der Waals surface area contributed by atoms with Gasteiger partial charge in [0.25, 0.3) is 0 Å². The fraction of sp³-hybridized carbons (Fsp3) is 0.318. The predicted octanol–water partition coefficient (Wildman–Crippen LogP) is 4.09. The number of ether oxygens (including phenoxy) is 2. The highest BCUT2D eigenvalue weighted by Crippen LogP contribution is 2.42. The first-order chi connectivity index (χ1) is 14.0. The molecule has 29 heavy (non-hydrogen) atoms. The van der Waals surface area contributed by atoms with Crippen molar-refractivity contribution in [2.75, 3.05) is 20.8 Å². The van der Waals surface area contributed by atoms with Crippen molar-refractivity contribution in [1.82, 2.24) is 9.29 Å². The van der Waals surface area contributed by atoms with Crippen molar-refractivity contribution in [3.8, 4) is 11.5 Å². The summed E-state index contributed by atoms with van der Waals surface area (Å²) in [6, 6.07) is 12.4. The Hall–Kier alpha value is -2.64.